The summed E-state index contributed by atoms with van der Waals surface area (Å²) in [4.78, 5) is 21.8. The Bertz CT molecular complexity index is 1300. The van der Waals surface area contributed by atoms with Crippen LogP contribution in [0.3, 0.4) is 0 Å². The van der Waals surface area contributed by atoms with Crippen LogP contribution in [-0.4, -0.2) is 72.4 Å². The summed E-state index contributed by atoms with van der Waals surface area (Å²) in [5.41, 5.74) is -2.49. The molecular weight excluding hydrogens is 607 g/mol. The van der Waals surface area contributed by atoms with Gasteiger partial charge in [0, 0.05) is 44.8 Å². The lowest BCUT2D eigenvalue weighted by Crippen LogP contribution is -2.45. The summed E-state index contributed by atoms with van der Waals surface area (Å²) < 4.78 is 60.1. The predicted octanol–water partition coefficient (Wildman–Crippen LogP) is 4.53. The molecule has 2 fully saturated rings. The quantitative estimate of drug-likeness (QED) is 0.334. The SMILES string of the molecule is CC1(C)C(=O)N(c2cnc(C#N)c(C(F)(F)F)c2)C(=S)N1c1ccc(OCCN2CCNCC2)c(CCF)c1.Cl.Cl. The summed E-state index contributed by atoms with van der Waals surface area (Å²) >= 11 is 5.57. The van der Waals surface area contributed by atoms with Crippen molar-refractivity contribution in [2.45, 2.75) is 32.0 Å². The zero-order valence-electron chi connectivity index (χ0n) is 22.3. The maximum atomic E-state index is 13.6. The van der Waals surface area contributed by atoms with Crippen LogP contribution in [0.2, 0.25) is 0 Å². The number of nitrogens with zero attached hydrogens (tertiary/aromatic N) is 5. The van der Waals surface area contributed by atoms with Gasteiger partial charge in [0.2, 0.25) is 0 Å². The van der Waals surface area contributed by atoms with E-state index in [1.54, 1.807) is 32.0 Å². The number of alkyl halides is 4. The Balaban J connectivity index is 0.00000294. The lowest BCUT2D eigenvalue weighted by Gasteiger charge is -2.30. The number of benzene rings is 1. The molecule has 0 atom stereocenters. The van der Waals surface area contributed by atoms with E-state index in [4.69, 9.17) is 22.2 Å². The second-order valence-electron chi connectivity index (χ2n) is 9.69. The molecule has 15 heteroatoms. The van der Waals surface area contributed by atoms with Crippen LogP contribution in [0, 0.1) is 11.3 Å². The zero-order chi connectivity index (χ0) is 28.4. The number of rotatable bonds is 8. The van der Waals surface area contributed by atoms with Gasteiger partial charge in [0.15, 0.2) is 10.8 Å². The molecule has 0 unspecified atom stereocenters. The van der Waals surface area contributed by atoms with Gasteiger partial charge in [-0.3, -0.25) is 19.0 Å². The van der Waals surface area contributed by atoms with Crippen molar-refractivity contribution in [1.82, 2.24) is 15.2 Å². The first-order valence-electron chi connectivity index (χ1n) is 12.4. The number of carbonyl (C=O) groups is 1. The van der Waals surface area contributed by atoms with Crippen molar-refractivity contribution >= 4 is 59.4 Å². The average molecular weight is 638 g/mol. The molecule has 1 amide bonds. The first-order valence-corrected chi connectivity index (χ1v) is 12.8. The van der Waals surface area contributed by atoms with Crippen LogP contribution in [0.25, 0.3) is 0 Å². The number of hydrogen-bond donors (Lipinski definition) is 1. The van der Waals surface area contributed by atoms with Crippen LogP contribution in [0.15, 0.2) is 30.5 Å². The molecule has 0 bridgehead atoms. The van der Waals surface area contributed by atoms with Crippen molar-refractivity contribution < 1.29 is 27.1 Å². The fourth-order valence-electron chi connectivity index (χ4n) is 4.70. The van der Waals surface area contributed by atoms with Gasteiger partial charge in [-0.25, -0.2) is 4.98 Å². The molecule has 1 aromatic heterocycles. The smallest absolute Gasteiger partial charge is 0.419 e. The first kappa shape index (κ1) is 34.4. The largest absolute Gasteiger partial charge is 0.492 e. The Morgan fingerprint density at radius 2 is 1.85 bits per heavy atom. The molecule has 1 aromatic carbocycles. The van der Waals surface area contributed by atoms with E-state index < -0.39 is 35.6 Å². The van der Waals surface area contributed by atoms with E-state index in [0.717, 1.165) is 43.8 Å². The lowest BCUT2D eigenvalue weighted by molar-refractivity contribution is -0.138. The Labute approximate surface area is 253 Å². The van der Waals surface area contributed by atoms with Gasteiger partial charge < -0.3 is 15.0 Å². The van der Waals surface area contributed by atoms with Gasteiger partial charge in [-0.05, 0) is 55.9 Å². The number of amides is 1. The van der Waals surface area contributed by atoms with Crippen molar-refractivity contribution in [3.8, 4) is 11.8 Å². The van der Waals surface area contributed by atoms with E-state index in [9.17, 15) is 22.4 Å². The van der Waals surface area contributed by atoms with Crippen LogP contribution < -0.4 is 19.9 Å². The minimum absolute atomic E-state index is 0. The van der Waals surface area contributed by atoms with Crippen LogP contribution in [0.4, 0.5) is 28.9 Å². The van der Waals surface area contributed by atoms with E-state index >= 15 is 0 Å². The number of ether oxygens (including phenoxy) is 1. The third-order valence-electron chi connectivity index (χ3n) is 6.75. The Kier molecular flexibility index (Phi) is 11.7. The van der Waals surface area contributed by atoms with Gasteiger partial charge in [0.05, 0.1) is 24.1 Å². The average Bonchev–Trinajstić information content (AvgIpc) is 3.08. The number of hydrogen-bond acceptors (Lipinski definition) is 7. The van der Waals surface area contributed by atoms with Crippen LogP contribution in [0.5, 0.6) is 5.75 Å². The maximum Gasteiger partial charge on any atom is 0.419 e. The molecule has 2 saturated heterocycles. The third-order valence-corrected chi connectivity index (χ3v) is 7.12. The normalized spacial score (nSPS) is 17.1. The van der Waals surface area contributed by atoms with Gasteiger partial charge >= 0.3 is 6.18 Å². The van der Waals surface area contributed by atoms with Crippen LogP contribution in [-0.2, 0) is 17.4 Å². The molecule has 2 aliphatic rings. The number of piperazine rings is 1. The topological polar surface area (TPSA) is 84.7 Å². The molecular formula is C26H30Cl2F4N6O2S. The Morgan fingerprint density at radius 3 is 2.46 bits per heavy atom. The molecule has 41 heavy (non-hydrogen) atoms. The van der Waals surface area contributed by atoms with Crippen molar-refractivity contribution in [1.29, 1.82) is 5.26 Å². The Hall–Kier alpha value is -2.76. The number of carbonyl (C=O) groups excluding carboxylic acids is 1. The fourth-order valence-corrected chi connectivity index (χ4v) is 5.22. The van der Waals surface area contributed by atoms with E-state index in [1.165, 1.54) is 11.0 Å². The number of thiocarbonyl (C=S) groups is 1. The summed E-state index contributed by atoms with van der Waals surface area (Å²) in [6.07, 6.45) is -3.76. The fraction of sp³-hybridized carbons (Fsp3) is 0.462. The summed E-state index contributed by atoms with van der Waals surface area (Å²) in [5.74, 6) is -0.0562. The van der Waals surface area contributed by atoms with Gasteiger partial charge in [-0.2, -0.15) is 18.4 Å². The number of halogens is 6. The van der Waals surface area contributed by atoms with E-state index in [1.807, 2.05) is 0 Å². The summed E-state index contributed by atoms with van der Waals surface area (Å²) in [6.45, 7) is 7.38. The monoisotopic (exact) mass is 636 g/mol. The second-order valence-corrected chi connectivity index (χ2v) is 10.1. The standard InChI is InChI=1S/C26H28F4N6O2S.2ClH/c1-25(2)23(37)35(19-14-20(26(28,29)30)21(15-31)33-16-19)24(39)36(25)18-3-4-22(17(13-18)5-6-27)38-12-11-34-9-7-32-8-10-34;;/h3-4,13-14,16,32H,5-12H2,1-2H3;2*1H. The highest BCUT2D eigenvalue weighted by Gasteiger charge is 2.51. The highest BCUT2D eigenvalue weighted by Crippen LogP contribution is 2.40. The number of anilines is 2. The summed E-state index contributed by atoms with van der Waals surface area (Å²) in [7, 11) is 0. The molecule has 0 aliphatic carbocycles. The molecule has 2 aromatic rings. The minimum Gasteiger partial charge on any atom is -0.492 e. The second kappa shape index (κ2) is 13.9. The molecule has 0 saturated carbocycles. The highest BCUT2D eigenvalue weighted by molar-refractivity contribution is 7.81. The molecule has 0 spiro atoms. The first-order chi connectivity index (χ1) is 18.5. The van der Waals surface area contributed by atoms with E-state index in [-0.39, 0.29) is 42.0 Å². The highest BCUT2D eigenvalue weighted by atomic mass is 35.5. The summed E-state index contributed by atoms with van der Waals surface area (Å²) in [5, 5.41) is 12.3. The molecule has 1 N–H and O–H groups in total. The lowest BCUT2D eigenvalue weighted by atomic mass is 10.0. The third kappa shape index (κ3) is 7.18. The summed E-state index contributed by atoms with van der Waals surface area (Å²) in [6, 6.07) is 7.18. The molecule has 224 valence electrons. The number of nitrogens with one attached hydrogen (secondary N) is 1. The van der Waals surface area contributed by atoms with Gasteiger partial charge in [0.25, 0.3) is 5.91 Å². The van der Waals surface area contributed by atoms with Crippen LogP contribution in [0.1, 0.15) is 30.7 Å². The van der Waals surface area contributed by atoms with E-state index in [2.05, 4.69) is 15.2 Å². The van der Waals surface area contributed by atoms with Crippen molar-refractivity contribution in [3.05, 3.63) is 47.3 Å². The molecule has 2 aliphatic heterocycles. The van der Waals surface area contributed by atoms with Gasteiger partial charge in [-0.1, -0.05) is 0 Å². The molecule has 3 heterocycles. The zero-order valence-corrected chi connectivity index (χ0v) is 24.8. The van der Waals surface area contributed by atoms with Crippen molar-refractivity contribution in [3.63, 3.8) is 0 Å². The minimum atomic E-state index is -4.85. The van der Waals surface area contributed by atoms with Crippen LogP contribution >= 0.6 is 37.0 Å². The van der Waals surface area contributed by atoms with E-state index in [0.29, 0.717) is 29.7 Å². The molecule has 0 radical (unpaired) electrons. The molecule has 8 nitrogen and oxygen atoms in total. The number of aromatic nitrogens is 1. The Morgan fingerprint density at radius 1 is 1.17 bits per heavy atom. The number of aryl methyl sites for hydroxylation is 1. The van der Waals surface area contributed by atoms with Crippen molar-refractivity contribution in [2.24, 2.45) is 0 Å². The molecule has 4 rings (SSSR count). The predicted molar refractivity (Wildman–Crippen MR) is 156 cm³/mol. The maximum absolute atomic E-state index is 13.6. The number of pyridine rings is 1. The number of nitriles is 1. The van der Waals surface area contributed by atoms with Crippen molar-refractivity contribution in [2.75, 3.05) is 55.8 Å². The van der Waals surface area contributed by atoms with Gasteiger partial charge in [-0.15, -0.1) is 24.8 Å². The van der Waals surface area contributed by atoms with Gasteiger partial charge in [0.1, 0.15) is 24.0 Å².